The number of fused-ring (bicyclic) bond motifs is 1. The molecule has 0 bridgehead atoms. The average molecular weight is 252 g/mol. The first-order valence-corrected chi connectivity index (χ1v) is 6.84. The number of carbonyl (C=O) groups excluding carboxylic acids is 1. The molecule has 1 aliphatic heterocycles. The Kier molecular flexibility index (Phi) is 3.03. The van der Waals surface area contributed by atoms with Crippen LogP contribution >= 0.6 is 11.8 Å². The van der Waals surface area contributed by atoms with E-state index >= 15 is 0 Å². The Labute approximate surface area is 111 Å². The molecule has 1 nitrogen and oxygen atoms in total. The number of aldehydes is 1. The molecule has 0 N–H and O–H groups in total. The van der Waals surface area contributed by atoms with Gasteiger partial charge in [0.25, 0.3) is 0 Å². The van der Waals surface area contributed by atoms with Gasteiger partial charge in [0.05, 0.1) is 0 Å². The molecule has 18 heavy (non-hydrogen) atoms. The van der Waals surface area contributed by atoms with Crippen LogP contribution in [0.3, 0.4) is 0 Å². The van der Waals surface area contributed by atoms with Gasteiger partial charge in [0.2, 0.25) is 0 Å². The molecule has 3 rings (SSSR count). The van der Waals surface area contributed by atoms with E-state index in [1.54, 1.807) is 11.8 Å². The van der Waals surface area contributed by atoms with Gasteiger partial charge < -0.3 is 0 Å². The molecule has 1 heterocycles. The van der Waals surface area contributed by atoms with Crippen LogP contribution in [0.15, 0.2) is 54.6 Å². The smallest absolute Gasteiger partial charge is 0.151 e. The lowest BCUT2D eigenvalue weighted by atomic mass is 9.98. The molecule has 0 radical (unpaired) electrons. The van der Waals surface area contributed by atoms with Crippen LogP contribution in [0.1, 0.15) is 16.7 Å². The van der Waals surface area contributed by atoms with Gasteiger partial charge in [-0.15, -0.1) is 11.8 Å². The van der Waals surface area contributed by atoms with E-state index in [1.165, 1.54) is 5.56 Å². The van der Waals surface area contributed by atoms with Crippen LogP contribution in [-0.2, 0) is 10.5 Å². The van der Waals surface area contributed by atoms with Crippen LogP contribution in [0.5, 0.6) is 0 Å². The summed E-state index contributed by atoms with van der Waals surface area (Å²) in [6, 6.07) is 18.2. The molecule has 1 aliphatic rings. The largest absolute Gasteiger partial charge is 0.298 e. The summed E-state index contributed by atoms with van der Waals surface area (Å²) in [6.45, 7) is 0. The fraction of sp³-hybridized carbons (Fsp3) is 0.0625. The van der Waals surface area contributed by atoms with Crippen molar-refractivity contribution in [2.24, 2.45) is 0 Å². The van der Waals surface area contributed by atoms with Crippen LogP contribution in [0, 0.1) is 0 Å². The SMILES string of the molecule is O=CC1=C(c2ccccc2)SCc2ccccc21. The molecule has 88 valence electrons. The highest BCUT2D eigenvalue weighted by Crippen LogP contribution is 2.42. The monoisotopic (exact) mass is 252 g/mol. The first kappa shape index (κ1) is 11.3. The van der Waals surface area contributed by atoms with E-state index < -0.39 is 0 Å². The summed E-state index contributed by atoms with van der Waals surface area (Å²) in [5.41, 5.74) is 4.25. The Morgan fingerprint density at radius 3 is 2.44 bits per heavy atom. The topological polar surface area (TPSA) is 17.1 Å². The number of carbonyl (C=O) groups is 1. The second-order valence-corrected chi connectivity index (χ2v) is 5.16. The third-order valence-corrected chi connectivity index (χ3v) is 4.28. The van der Waals surface area contributed by atoms with Crippen molar-refractivity contribution < 1.29 is 4.79 Å². The second-order valence-electron chi connectivity index (χ2n) is 4.17. The van der Waals surface area contributed by atoms with Gasteiger partial charge in [-0.3, -0.25) is 4.79 Å². The van der Waals surface area contributed by atoms with Gasteiger partial charge >= 0.3 is 0 Å². The molecule has 0 atom stereocenters. The normalized spacial score (nSPS) is 14.2. The zero-order valence-corrected chi connectivity index (χ0v) is 10.6. The minimum Gasteiger partial charge on any atom is -0.298 e. The number of thioether (sulfide) groups is 1. The molecule has 0 saturated carbocycles. The summed E-state index contributed by atoms with van der Waals surface area (Å²) < 4.78 is 0. The zero-order chi connectivity index (χ0) is 12.4. The maximum absolute atomic E-state index is 11.4. The van der Waals surface area contributed by atoms with Crippen molar-refractivity contribution in [3.8, 4) is 0 Å². The van der Waals surface area contributed by atoms with Crippen molar-refractivity contribution in [3.63, 3.8) is 0 Å². The fourth-order valence-electron chi connectivity index (χ4n) is 2.20. The van der Waals surface area contributed by atoms with E-state index in [2.05, 4.69) is 18.2 Å². The maximum atomic E-state index is 11.4. The predicted molar refractivity (Wildman–Crippen MR) is 77.1 cm³/mol. The molecule has 0 fully saturated rings. The van der Waals surface area contributed by atoms with Crippen LogP contribution in [0.4, 0.5) is 0 Å². The summed E-state index contributed by atoms with van der Waals surface area (Å²) in [5, 5.41) is 0. The number of hydrogen-bond acceptors (Lipinski definition) is 2. The zero-order valence-electron chi connectivity index (χ0n) is 9.80. The summed E-state index contributed by atoms with van der Waals surface area (Å²) in [6.07, 6.45) is 0.979. The van der Waals surface area contributed by atoms with E-state index in [0.717, 1.165) is 33.6 Å². The number of rotatable bonds is 2. The maximum Gasteiger partial charge on any atom is 0.151 e. The Morgan fingerprint density at radius 2 is 1.67 bits per heavy atom. The van der Waals surface area contributed by atoms with Gasteiger partial charge in [0.1, 0.15) is 0 Å². The van der Waals surface area contributed by atoms with Gasteiger partial charge in [0.15, 0.2) is 6.29 Å². The highest BCUT2D eigenvalue weighted by Gasteiger charge is 2.19. The third kappa shape index (κ3) is 1.89. The molecule has 0 saturated heterocycles. The number of allylic oxidation sites excluding steroid dienone is 1. The summed E-state index contributed by atoms with van der Waals surface area (Å²) >= 11 is 1.74. The van der Waals surface area contributed by atoms with Gasteiger partial charge in [-0.25, -0.2) is 0 Å². The van der Waals surface area contributed by atoms with Crippen molar-refractivity contribution >= 4 is 28.5 Å². The Morgan fingerprint density at radius 1 is 0.944 bits per heavy atom. The Bertz CT molecular complexity index is 614. The lowest BCUT2D eigenvalue weighted by Gasteiger charge is -2.20. The average Bonchev–Trinajstić information content (AvgIpc) is 2.47. The molecular formula is C16H12OS. The van der Waals surface area contributed by atoms with Gasteiger partial charge in [-0.1, -0.05) is 54.6 Å². The molecule has 2 aromatic carbocycles. The fourth-order valence-corrected chi connectivity index (χ4v) is 3.37. The van der Waals surface area contributed by atoms with E-state index in [9.17, 15) is 4.79 Å². The summed E-state index contributed by atoms with van der Waals surface area (Å²) in [4.78, 5) is 12.5. The van der Waals surface area contributed by atoms with Gasteiger partial charge in [-0.2, -0.15) is 0 Å². The van der Waals surface area contributed by atoms with Crippen LogP contribution in [-0.4, -0.2) is 6.29 Å². The van der Waals surface area contributed by atoms with Crippen molar-refractivity contribution in [1.82, 2.24) is 0 Å². The summed E-state index contributed by atoms with van der Waals surface area (Å²) in [7, 11) is 0. The first-order valence-electron chi connectivity index (χ1n) is 5.86. The molecular weight excluding hydrogens is 240 g/mol. The second kappa shape index (κ2) is 4.83. The number of benzene rings is 2. The molecule has 0 aromatic heterocycles. The van der Waals surface area contributed by atoms with Crippen LogP contribution in [0.2, 0.25) is 0 Å². The van der Waals surface area contributed by atoms with Crippen molar-refractivity contribution in [2.45, 2.75) is 5.75 Å². The lowest BCUT2D eigenvalue weighted by Crippen LogP contribution is -2.01. The summed E-state index contributed by atoms with van der Waals surface area (Å²) in [5.74, 6) is 0.928. The first-order chi connectivity index (χ1) is 8.90. The van der Waals surface area contributed by atoms with Crippen molar-refractivity contribution in [2.75, 3.05) is 0 Å². The molecule has 2 heteroatoms. The van der Waals surface area contributed by atoms with Crippen molar-refractivity contribution in [3.05, 3.63) is 71.3 Å². The molecule has 0 spiro atoms. The molecule has 0 unspecified atom stereocenters. The Hall–Kier alpha value is -1.80. The number of hydrogen-bond donors (Lipinski definition) is 0. The van der Waals surface area contributed by atoms with Crippen LogP contribution < -0.4 is 0 Å². The Balaban J connectivity index is 2.20. The van der Waals surface area contributed by atoms with E-state index in [4.69, 9.17) is 0 Å². The van der Waals surface area contributed by atoms with E-state index in [1.807, 2.05) is 36.4 Å². The minimum absolute atomic E-state index is 0.813. The van der Waals surface area contributed by atoms with Gasteiger partial charge in [-0.05, 0) is 16.7 Å². The van der Waals surface area contributed by atoms with E-state index in [0.29, 0.717) is 0 Å². The molecule has 0 aliphatic carbocycles. The van der Waals surface area contributed by atoms with Crippen LogP contribution in [0.25, 0.3) is 10.5 Å². The predicted octanol–water partition coefficient (Wildman–Crippen LogP) is 4.00. The minimum atomic E-state index is 0.813. The quantitative estimate of drug-likeness (QED) is 0.751. The standard InChI is InChI=1S/C16H12OS/c17-10-15-14-9-5-4-8-13(14)11-18-16(15)12-6-2-1-3-7-12/h1-10H,11H2. The molecule has 0 amide bonds. The lowest BCUT2D eigenvalue weighted by molar-refractivity contribution is -0.103. The highest BCUT2D eigenvalue weighted by molar-refractivity contribution is 8.08. The van der Waals surface area contributed by atoms with Crippen molar-refractivity contribution in [1.29, 1.82) is 0 Å². The van der Waals surface area contributed by atoms with E-state index in [-0.39, 0.29) is 0 Å². The highest BCUT2D eigenvalue weighted by atomic mass is 32.2. The molecule has 2 aromatic rings. The third-order valence-electron chi connectivity index (χ3n) is 3.08. The van der Waals surface area contributed by atoms with Gasteiger partial charge in [0, 0.05) is 16.2 Å².